The standard InChI is InChI=1S/C24H25ClFN3O6S2/c1-24(2,3)22-21(30)20(23(31)29(22)11-13-5-7-16(26)15(25)9-13)18-12-37(34,35)19-10-14(28-36(4,32)33)6-8-17(19)27-18/h5-10,12,22,27-28,30H,11H2,1-4H3. The Morgan fingerprint density at radius 3 is 2.46 bits per heavy atom. The van der Waals surface area contributed by atoms with Gasteiger partial charge in [-0.25, -0.2) is 21.2 Å². The number of anilines is 2. The zero-order valence-electron chi connectivity index (χ0n) is 20.3. The van der Waals surface area contributed by atoms with E-state index in [1.807, 2.05) is 20.8 Å². The molecule has 2 aromatic rings. The van der Waals surface area contributed by atoms with E-state index in [0.29, 0.717) is 5.56 Å². The van der Waals surface area contributed by atoms with Crippen LogP contribution in [0.5, 0.6) is 0 Å². The van der Waals surface area contributed by atoms with Gasteiger partial charge in [-0.15, -0.1) is 0 Å². The summed E-state index contributed by atoms with van der Waals surface area (Å²) in [5.41, 5.74) is -0.283. The van der Waals surface area contributed by atoms with E-state index < -0.39 is 43.0 Å². The average Bonchev–Trinajstić information content (AvgIpc) is 2.99. The van der Waals surface area contributed by atoms with Crippen molar-refractivity contribution in [3.05, 3.63) is 75.2 Å². The van der Waals surface area contributed by atoms with E-state index in [9.17, 15) is 31.1 Å². The lowest BCUT2D eigenvalue weighted by atomic mass is 9.85. The van der Waals surface area contributed by atoms with Gasteiger partial charge in [0.1, 0.15) is 17.1 Å². The molecule has 0 aromatic heterocycles. The Bertz CT molecular complexity index is 1590. The predicted molar refractivity (Wildman–Crippen MR) is 139 cm³/mol. The lowest BCUT2D eigenvalue weighted by Gasteiger charge is -2.35. The Kier molecular flexibility index (Phi) is 6.58. The summed E-state index contributed by atoms with van der Waals surface area (Å²) in [4.78, 5) is 14.8. The van der Waals surface area contributed by atoms with E-state index in [-0.39, 0.29) is 44.9 Å². The molecule has 0 spiro atoms. The Balaban J connectivity index is 1.75. The minimum absolute atomic E-state index is 0.00846. The molecule has 0 bridgehead atoms. The quantitative estimate of drug-likeness (QED) is 0.492. The second kappa shape index (κ2) is 9.03. The average molecular weight is 570 g/mol. The maximum Gasteiger partial charge on any atom is 0.260 e. The normalized spacial score (nSPS) is 19.4. The molecular weight excluding hydrogens is 545 g/mol. The van der Waals surface area contributed by atoms with Gasteiger partial charge in [0.05, 0.1) is 39.0 Å². The van der Waals surface area contributed by atoms with Crippen molar-refractivity contribution in [2.24, 2.45) is 5.41 Å². The highest BCUT2D eigenvalue weighted by atomic mass is 35.5. The van der Waals surface area contributed by atoms with Crippen LogP contribution in [-0.4, -0.2) is 45.0 Å². The molecule has 2 aliphatic heterocycles. The lowest BCUT2D eigenvalue weighted by molar-refractivity contribution is -0.129. The first-order chi connectivity index (χ1) is 17.0. The zero-order valence-corrected chi connectivity index (χ0v) is 22.7. The van der Waals surface area contributed by atoms with Crippen LogP contribution in [0.2, 0.25) is 5.02 Å². The van der Waals surface area contributed by atoms with E-state index in [1.54, 1.807) is 0 Å². The van der Waals surface area contributed by atoms with Gasteiger partial charge in [-0.05, 0) is 41.3 Å². The van der Waals surface area contributed by atoms with Crippen molar-refractivity contribution in [2.45, 2.75) is 38.3 Å². The molecule has 37 heavy (non-hydrogen) atoms. The maximum absolute atomic E-state index is 13.7. The van der Waals surface area contributed by atoms with E-state index >= 15 is 0 Å². The van der Waals surface area contributed by atoms with Gasteiger partial charge in [-0.3, -0.25) is 9.52 Å². The molecule has 2 aliphatic rings. The minimum Gasteiger partial charge on any atom is -0.509 e. The van der Waals surface area contributed by atoms with Gasteiger partial charge in [-0.2, -0.15) is 0 Å². The highest BCUT2D eigenvalue weighted by Crippen LogP contribution is 2.42. The van der Waals surface area contributed by atoms with Crippen LogP contribution in [0, 0.1) is 11.2 Å². The summed E-state index contributed by atoms with van der Waals surface area (Å²) in [5, 5.41) is 14.8. The zero-order chi connectivity index (χ0) is 27.5. The first kappa shape index (κ1) is 27.0. The molecule has 1 amide bonds. The molecule has 0 saturated heterocycles. The summed E-state index contributed by atoms with van der Waals surface area (Å²) in [6.45, 7) is 5.45. The molecule has 4 rings (SSSR count). The number of aliphatic hydroxyl groups excluding tert-OH is 1. The SMILES string of the molecule is CC(C)(C)C1C(O)=C(C2=CS(=O)(=O)c3cc(NS(C)(=O)=O)ccc3N2)C(=O)N1Cc1ccc(F)c(Cl)c1. The largest absolute Gasteiger partial charge is 0.509 e. The van der Waals surface area contributed by atoms with Crippen LogP contribution in [0.25, 0.3) is 0 Å². The van der Waals surface area contributed by atoms with Crippen LogP contribution < -0.4 is 10.0 Å². The number of hydrogen-bond acceptors (Lipinski definition) is 7. The van der Waals surface area contributed by atoms with E-state index in [4.69, 9.17) is 11.6 Å². The van der Waals surface area contributed by atoms with Crippen molar-refractivity contribution in [3.8, 4) is 0 Å². The second-order valence-corrected chi connectivity index (χ2v) is 13.9. The second-order valence-electron chi connectivity index (χ2n) is 10.00. The number of carbonyl (C=O) groups is 1. The van der Waals surface area contributed by atoms with Crippen molar-refractivity contribution in [2.75, 3.05) is 16.3 Å². The summed E-state index contributed by atoms with van der Waals surface area (Å²) in [6, 6.07) is 7.14. The molecule has 198 valence electrons. The van der Waals surface area contributed by atoms with Crippen LogP contribution in [0.3, 0.4) is 0 Å². The van der Waals surface area contributed by atoms with Crippen LogP contribution in [0.15, 0.2) is 63.7 Å². The fraction of sp³-hybridized carbons (Fsp3) is 0.292. The van der Waals surface area contributed by atoms with Crippen molar-refractivity contribution in [1.29, 1.82) is 0 Å². The molecule has 3 N–H and O–H groups in total. The first-order valence-corrected chi connectivity index (χ1v) is 14.8. The van der Waals surface area contributed by atoms with Crippen molar-refractivity contribution in [1.82, 2.24) is 4.90 Å². The number of aliphatic hydroxyl groups is 1. The Labute approximate surface area is 219 Å². The fourth-order valence-corrected chi connectivity index (χ4v) is 6.53. The smallest absolute Gasteiger partial charge is 0.260 e. The molecule has 2 aromatic carbocycles. The number of sulfonamides is 1. The third-order valence-electron chi connectivity index (χ3n) is 5.86. The molecular formula is C24H25ClFN3O6S2. The van der Waals surface area contributed by atoms with Crippen molar-refractivity contribution >= 4 is 48.7 Å². The Hall–Kier alpha value is -3.09. The van der Waals surface area contributed by atoms with E-state index in [2.05, 4.69) is 10.0 Å². The van der Waals surface area contributed by atoms with Gasteiger partial charge in [0.2, 0.25) is 19.9 Å². The number of benzene rings is 2. The van der Waals surface area contributed by atoms with Gasteiger partial charge in [0.15, 0.2) is 0 Å². The van der Waals surface area contributed by atoms with Crippen LogP contribution >= 0.6 is 11.6 Å². The number of nitrogens with zero attached hydrogens (tertiary/aromatic N) is 1. The lowest BCUT2D eigenvalue weighted by Crippen LogP contribution is -2.43. The molecule has 1 unspecified atom stereocenters. The number of sulfone groups is 1. The topological polar surface area (TPSA) is 133 Å². The molecule has 13 heteroatoms. The number of halogens is 2. The number of amides is 1. The summed E-state index contributed by atoms with van der Waals surface area (Å²) in [6.07, 6.45) is 0.940. The van der Waals surface area contributed by atoms with E-state index in [1.165, 1.54) is 41.3 Å². The summed E-state index contributed by atoms with van der Waals surface area (Å²) >= 11 is 5.90. The van der Waals surface area contributed by atoms with E-state index in [0.717, 1.165) is 11.7 Å². The van der Waals surface area contributed by atoms with Gasteiger partial charge >= 0.3 is 0 Å². The molecule has 1 atom stereocenters. The first-order valence-electron chi connectivity index (χ1n) is 11.0. The summed E-state index contributed by atoms with van der Waals surface area (Å²) in [7, 11) is -7.76. The molecule has 0 aliphatic carbocycles. The van der Waals surface area contributed by atoms with Crippen molar-refractivity contribution in [3.63, 3.8) is 0 Å². The third-order valence-corrected chi connectivity index (χ3v) is 8.25. The molecule has 0 saturated carbocycles. The van der Waals surface area contributed by atoms with Gasteiger partial charge in [0.25, 0.3) is 5.91 Å². The summed E-state index contributed by atoms with van der Waals surface area (Å²) < 4.78 is 65.2. The third kappa shape index (κ3) is 5.32. The molecule has 2 heterocycles. The van der Waals surface area contributed by atoms with Crippen LogP contribution in [0.4, 0.5) is 15.8 Å². The number of nitrogens with one attached hydrogen (secondary N) is 2. The number of rotatable bonds is 5. The summed E-state index contributed by atoms with van der Waals surface area (Å²) in [5.74, 6) is -1.54. The number of carbonyl (C=O) groups excluding carboxylic acids is 1. The molecule has 9 nitrogen and oxygen atoms in total. The highest BCUT2D eigenvalue weighted by Gasteiger charge is 2.47. The molecule has 0 fully saturated rings. The van der Waals surface area contributed by atoms with Crippen molar-refractivity contribution < 1.29 is 31.1 Å². The van der Waals surface area contributed by atoms with Gasteiger partial charge in [0, 0.05) is 12.2 Å². The maximum atomic E-state index is 13.7. The monoisotopic (exact) mass is 569 g/mol. The molecule has 0 radical (unpaired) electrons. The predicted octanol–water partition coefficient (Wildman–Crippen LogP) is 4.16. The number of fused-ring (bicyclic) bond motifs is 1. The minimum atomic E-state index is -4.13. The van der Waals surface area contributed by atoms with Crippen LogP contribution in [-0.2, 0) is 31.2 Å². The Morgan fingerprint density at radius 1 is 1.19 bits per heavy atom. The number of hydrogen-bond donors (Lipinski definition) is 3. The fourth-order valence-electron chi connectivity index (χ4n) is 4.44. The van der Waals surface area contributed by atoms with Gasteiger partial charge < -0.3 is 15.3 Å². The van der Waals surface area contributed by atoms with Gasteiger partial charge in [-0.1, -0.05) is 38.4 Å². The van der Waals surface area contributed by atoms with Crippen LogP contribution in [0.1, 0.15) is 26.3 Å². The Morgan fingerprint density at radius 2 is 1.86 bits per heavy atom. The highest BCUT2D eigenvalue weighted by molar-refractivity contribution is 7.94.